The molecule has 0 atom stereocenters. The molecule has 82 valence electrons. The van der Waals surface area contributed by atoms with Crippen LogP contribution in [0.2, 0.25) is 0 Å². The van der Waals surface area contributed by atoms with Crippen molar-refractivity contribution in [2.75, 3.05) is 0 Å². The van der Waals surface area contributed by atoms with E-state index in [1.165, 1.54) is 16.7 Å². The summed E-state index contributed by atoms with van der Waals surface area (Å²) in [6.07, 6.45) is 2.13. The highest BCUT2D eigenvalue weighted by molar-refractivity contribution is 5.77. The van der Waals surface area contributed by atoms with Crippen molar-refractivity contribution >= 4 is 11.1 Å². The third-order valence-electron chi connectivity index (χ3n) is 2.24. The predicted octanol–water partition coefficient (Wildman–Crippen LogP) is 5.17. The Balaban J connectivity index is 0.000000921. The summed E-state index contributed by atoms with van der Waals surface area (Å²) in [6.45, 7) is 14.2. The quantitative estimate of drug-likeness (QED) is 0.620. The van der Waals surface area contributed by atoms with Crippen molar-refractivity contribution in [1.82, 2.24) is 0 Å². The largest absolute Gasteiger partial charge is 0.0955 e. The first kappa shape index (κ1) is 13.7. The van der Waals surface area contributed by atoms with E-state index in [0.717, 1.165) is 5.57 Å². The third-order valence-corrected chi connectivity index (χ3v) is 2.24. The average molecular weight is 202 g/mol. The van der Waals surface area contributed by atoms with Gasteiger partial charge in [-0.2, -0.15) is 0 Å². The number of allylic oxidation sites excluding steroid dienone is 3. The fraction of sp³-hybridized carbons (Fsp3) is 0.333. The lowest BCUT2D eigenvalue weighted by molar-refractivity contribution is 1.48. The second-order valence-electron chi connectivity index (χ2n) is 3.30. The maximum atomic E-state index is 3.98. The monoisotopic (exact) mass is 202 g/mol. The molecule has 0 aliphatic heterocycles. The average Bonchev–Trinajstić information content (AvgIpc) is 2.30. The SMILES string of the molecule is C=C(C)c1ccccc1/C(C)=C\C.CC. The summed E-state index contributed by atoms with van der Waals surface area (Å²) < 4.78 is 0. The van der Waals surface area contributed by atoms with E-state index >= 15 is 0 Å². The fourth-order valence-electron chi connectivity index (χ4n) is 1.35. The lowest BCUT2D eigenvalue weighted by Gasteiger charge is -2.08. The van der Waals surface area contributed by atoms with E-state index in [-0.39, 0.29) is 0 Å². The molecule has 1 aromatic carbocycles. The first-order chi connectivity index (χ1) is 7.16. The standard InChI is InChI=1S/C13H16.C2H6/c1-5-11(4)13-9-7-6-8-12(13)10(2)3;1-2/h5-9H,2H2,1,3-4H3;1-2H3/b11-5-;. The van der Waals surface area contributed by atoms with Gasteiger partial charge in [-0.25, -0.2) is 0 Å². The number of benzene rings is 1. The minimum atomic E-state index is 1.12. The third kappa shape index (κ3) is 3.75. The van der Waals surface area contributed by atoms with Gasteiger partial charge in [0.05, 0.1) is 0 Å². The van der Waals surface area contributed by atoms with Gasteiger partial charge in [-0.15, -0.1) is 0 Å². The van der Waals surface area contributed by atoms with Crippen molar-refractivity contribution in [3.8, 4) is 0 Å². The molecule has 0 radical (unpaired) electrons. The lowest BCUT2D eigenvalue weighted by atomic mass is 9.97. The van der Waals surface area contributed by atoms with Gasteiger partial charge in [0.2, 0.25) is 0 Å². The summed E-state index contributed by atoms with van der Waals surface area (Å²) in [6, 6.07) is 8.37. The smallest absolute Gasteiger partial charge is 0.0156 e. The molecular weight excluding hydrogens is 180 g/mol. The molecule has 0 fully saturated rings. The molecule has 0 spiro atoms. The summed E-state index contributed by atoms with van der Waals surface area (Å²) in [4.78, 5) is 0. The number of hydrogen-bond donors (Lipinski definition) is 0. The molecular formula is C15H22. The van der Waals surface area contributed by atoms with Gasteiger partial charge in [0.1, 0.15) is 0 Å². The first-order valence-electron chi connectivity index (χ1n) is 5.55. The van der Waals surface area contributed by atoms with Gasteiger partial charge in [-0.05, 0) is 37.5 Å². The van der Waals surface area contributed by atoms with Gasteiger partial charge in [0.15, 0.2) is 0 Å². The van der Waals surface area contributed by atoms with Crippen LogP contribution in [0.5, 0.6) is 0 Å². The van der Waals surface area contributed by atoms with E-state index in [1.54, 1.807) is 0 Å². The first-order valence-corrected chi connectivity index (χ1v) is 5.55. The summed E-state index contributed by atoms with van der Waals surface area (Å²) in [5.41, 5.74) is 4.96. The molecule has 0 saturated carbocycles. The summed E-state index contributed by atoms with van der Waals surface area (Å²) in [5, 5.41) is 0. The van der Waals surface area contributed by atoms with Crippen LogP contribution in [-0.4, -0.2) is 0 Å². The van der Waals surface area contributed by atoms with Gasteiger partial charge >= 0.3 is 0 Å². The van der Waals surface area contributed by atoms with E-state index in [0.29, 0.717) is 0 Å². The molecule has 0 saturated heterocycles. The lowest BCUT2D eigenvalue weighted by Crippen LogP contribution is -1.87. The van der Waals surface area contributed by atoms with Crippen molar-refractivity contribution in [2.45, 2.75) is 34.6 Å². The molecule has 0 heterocycles. The molecule has 0 amide bonds. The van der Waals surface area contributed by atoms with Crippen LogP contribution in [0.4, 0.5) is 0 Å². The molecule has 0 aliphatic rings. The van der Waals surface area contributed by atoms with E-state index in [1.807, 2.05) is 20.8 Å². The molecule has 0 aromatic heterocycles. The highest BCUT2D eigenvalue weighted by Crippen LogP contribution is 2.23. The van der Waals surface area contributed by atoms with Crippen LogP contribution < -0.4 is 0 Å². The maximum absolute atomic E-state index is 3.98. The van der Waals surface area contributed by atoms with Gasteiger partial charge in [0, 0.05) is 0 Å². The number of hydrogen-bond acceptors (Lipinski definition) is 0. The van der Waals surface area contributed by atoms with Crippen LogP contribution in [0.3, 0.4) is 0 Å². The highest BCUT2D eigenvalue weighted by Gasteiger charge is 2.02. The highest BCUT2D eigenvalue weighted by atomic mass is 14.1. The molecule has 0 bridgehead atoms. The summed E-state index contributed by atoms with van der Waals surface area (Å²) >= 11 is 0. The number of rotatable bonds is 2. The van der Waals surface area contributed by atoms with Crippen molar-refractivity contribution in [3.05, 3.63) is 48.0 Å². The Morgan fingerprint density at radius 2 is 1.53 bits per heavy atom. The van der Waals surface area contributed by atoms with E-state index < -0.39 is 0 Å². The van der Waals surface area contributed by atoms with Gasteiger partial charge in [0.25, 0.3) is 0 Å². The van der Waals surface area contributed by atoms with Crippen molar-refractivity contribution in [2.24, 2.45) is 0 Å². The van der Waals surface area contributed by atoms with Crippen LogP contribution in [0.1, 0.15) is 45.7 Å². The van der Waals surface area contributed by atoms with Gasteiger partial charge < -0.3 is 0 Å². The molecule has 0 aliphatic carbocycles. The molecule has 0 heteroatoms. The van der Waals surface area contributed by atoms with Crippen LogP contribution in [0, 0.1) is 0 Å². The Kier molecular flexibility index (Phi) is 6.44. The molecule has 0 N–H and O–H groups in total. The van der Waals surface area contributed by atoms with E-state index in [4.69, 9.17) is 0 Å². The van der Waals surface area contributed by atoms with Gasteiger partial charge in [-0.1, -0.05) is 56.3 Å². The summed E-state index contributed by atoms with van der Waals surface area (Å²) in [5.74, 6) is 0. The molecule has 1 aromatic rings. The van der Waals surface area contributed by atoms with E-state index in [2.05, 4.69) is 50.8 Å². The van der Waals surface area contributed by atoms with Crippen molar-refractivity contribution < 1.29 is 0 Å². The molecule has 0 nitrogen and oxygen atoms in total. The van der Waals surface area contributed by atoms with Crippen LogP contribution in [0.25, 0.3) is 11.1 Å². The minimum absolute atomic E-state index is 1.12. The summed E-state index contributed by atoms with van der Waals surface area (Å²) in [7, 11) is 0. The predicted molar refractivity (Wildman–Crippen MR) is 71.8 cm³/mol. The molecule has 0 unspecified atom stereocenters. The second kappa shape index (κ2) is 7.05. The van der Waals surface area contributed by atoms with Crippen molar-refractivity contribution in [3.63, 3.8) is 0 Å². The maximum Gasteiger partial charge on any atom is -0.0156 e. The second-order valence-corrected chi connectivity index (χ2v) is 3.30. The molecule has 15 heavy (non-hydrogen) atoms. The van der Waals surface area contributed by atoms with E-state index in [9.17, 15) is 0 Å². The Labute approximate surface area is 94.3 Å². The topological polar surface area (TPSA) is 0 Å². The Morgan fingerprint density at radius 1 is 1.07 bits per heavy atom. The minimum Gasteiger partial charge on any atom is -0.0955 e. The Morgan fingerprint density at radius 3 is 1.93 bits per heavy atom. The Hall–Kier alpha value is -1.30. The zero-order chi connectivity index (χ0) is 11.8. The fourth-order valence-corrected chi connectivity index (χ4v) is 1.35. The van der Waals surface area contributed by atoms with Crippen LogP contribution in [0.15, 0.2) is 36.9 Å². The Bertz CT molecular complexity index is 343. The normalized spacial score (nSPS) is 10.3. The van der Waals surface area contributed by atoms with Gasteiger partial charge in [-0.3, -0.25) is 0 Å². The van der Waals surface area contributed by atoms with Crippen molar-refractivity contribution in [1.29, 1.82) is 0 Å². The zero-order valence-corrected chi connectivity index (χ0v) is 10.6. The molecule has 1 rings (SSSR count). The van der Waals surface area contributed by atoms with Crippen LogP contribution in [-0.2, 0) is 0 Å². The zero-order valence-electron chi connectivity index (χ0n) is 10.6. The van der Waals surface area contributed by atoms with Crippen LogP contribution >= 0.6 is 0 Å².